The van der Waals surface area contributed by atoms with Crippen molar-refractivity contribution >= 4 is 34.8 Å². The predicted molar refractivity (Wildman–Crippen MR) is 133 cm³/mol. The highest BCUT2D eigenvalue weighted by Crippen LogP contribution is 2.40. The molecule has 0 aliphatic carbocycles. The Morgan fingerprint density at radius 1 is 1.11 bits per heavy atom. The van der Waals surface area contributed by atoms with Crippen LogP contribution in [0.15, 0.2) is 41.3 Å². The molecule has 2 aliphatic heterocycles. The van der Waals surface area contributed by atoms with Gasteiger partial charge in [0.1, 0.15) is 11.3 Å². The molecule has 2 aromatic heterocycles. The number of ether oxygens (including phenoxy) is 3. The lowest BCUT2D eigenvalue weighted by atomic mass is 9.97. The minimum absolute atomic E-state index is 0.00547. The number of imidazole rings is 1. The van der Waals surface area contributed by atoms with Crippen molar-refractivity contribution in [3.05, 3.63) is 58.4 Å². The number of pyridine rings is 1. The van der Waals surface area contributed by atoms with E-state index >= 15 is 0 Å². The molecule has 2 aliphatic rings. The van der Waals surface area contributed by atoms with E-state index < -0.39 is 18.7 Å². The van der Waals surface area contributed by atoms with E-state index in [1.54, 1.807) is 21.4 Å². The summed E-state index contributed by atoms with van der Waals surface area (Å²) in [7, 11) is -4.76. The summed E-state index contributed by atoms with van der Waals surface area (Å²) in [5, 5.41) is 0.0147. The van der Waals surface area contributed by atoms with Crippen LogP contribution in [-0.4, -0.2) is 43.9 Å². The van der Waals surface area contributed by atoms with Crippen LogP contribution in [0.3, 0.4) is 0 Å². The highest BCUT2D eigenvalue weighted by Gasteiger charge is 2.25. The molecule has 0 bridgehead atoms. The summed E-state index contributed by atoms with van der Waals surface area (Å²) < 4.78 is 45.9. The first-order chi connectivity index (χ1) is 17.8. The molecule has 4 aromatic rings. The molecule has 0 amide bonds. The zero-order valence-corrected chi connectivity index (χ0v) is 20.7. The molecule has 12 heteroatoms. The van der Waals surface area contributed by atoms with E-state index in [1.165, 1.54) is 6.07 Å². The molecule has 0 atom stereocenters. The molecule has 194 valence electrons. The second-order valence-electron chi connectivity index (χ2n) is 9.38. The fourth-order valence-electron chi connectivity index (χ4n) is 5.20. The number of benzene rings is 2. The third kappa shape index (κ3) is 4.31. The lowest BCUT2D eigenvalue weighted by molar-refractivity contribution is 0.0626. The van der Waals surface area contributed by atoms with Gasteiger partial charge in [-0.25, -0.2) is 14.2 Å². The Balaban J connectivity index is 1.48. The molecule has 10 nitrogen and oxygen atoms in total. The lowest BCUT2D eigenvalue weighted by Crippen LogP contribution is -2.26. The van der Waals surface area contributed by atoms with Crippen LogP contribution in [-0.2, 0) is 22.4 Å². The molecular weight excluding hydrogens is 504 g/mol. The van der Waals surface area contributed by atoms with E-state index in [0.717, 1.165) is 44.6 Å². The molecular formula is C25H25FN3O7P. The van der Waals surface area contributed by atoms with Crippen LogP contribution in [0.25, 0.3) is 21.9 Å². The van der Waals surface area contributed by atoms with Crippen LogP contribution < -0.4 is 20.5 Å². The Kier molecular flexibility index (Phi) is 6.03. The third-order valence-corrected chi connectivity index (χ3v) is 8.11. The summed E-state index contributed by atoms with van der Waals surface area (Å²) in [5.74, 6) is 0.514. The number of rotatable bonds is 6. The van der Waals surface area contributed by atoms with Crippen molar-refractivity contribution in [1.82, 2.24) is 14.1 Å². The maximum atomic E-state index is 14.6. The number of halogens is 1. The maximum Gasteiger partial charge on any atom is 0.359 e. The second kappa shape index (κ2) is 9.25. The van der Waals surface area contributed by atoms with Gasteiger partial charge in [-0.2, -0.15) is 0 Å². The van der Waals surface area contributed by atoms with Crippen molar-refractivity contribution in [2.75, 3.05) is 20.0 Å². The zero-order valence-electron chi connectivity index (χ0n) is 19.8. The van der Waals surface area contributed by atoms with Gasteiger partial charge >= 0.3 is 13.3 Å². The van der Waals surface area contributed by atoms with Crippen LogP contribution in [0.5, 0.6) is 11.5 Å². The fourth-order valence-corrected chi connectivity index (χ4v) is 5.82. The van der Waals surface area contributed by atoms with Gasteiger partial charge in [0.2, 0.25) is 6.79 Å². The normalized spacial score (nSPS) is 16.2. The Morgan fingerprint density at radius 3 is 2.68 bits per heavy atom. The molecule has 1 saturated heterocycles. The summed E-state index contributed by atoms with van der Waals surface area (Å²) in [5.41, 5.74) is 1.95. The topological polar surface area (TPSA) is 125 Å². The fraction of sp³-hybridized carbons (Fsp3) is 0.360. The van der Waals surface area contributed by atoms with Crippen LogP contribution >= 0.6 is 7.60 Å². The van der Waals surface area contributed by atoms with Crippen LogP contribution in [0, 0.1) is 11.7 Å². The van der Waals surface area contributed by atoms with Crippen LogP contribution in [0.1, 0.15) is 24.8 Å². The van der Waals surface area contributed by atoms with Crippen LogP contribution in [0.2, 0.25) is 0 Å². The van der Waals surface area contributed by atoms with Crippen molar-refractivity contribution in [1.29, 1.82) is 0 Å². The molecule has 4 heterocycles. The first-order valence-electron chi connectivity index (χ1n) is 12.0. The van der Waals surface area contributed by atoms with Crippen LogP contribution in [0.4, 0.5) is 4.39 Å². The minimum Gasteiger partial charge on any atom is -0.454 e. The number of nitrogens with zero attached hydrogens (tertiary/aromatic N) is 3. The van der Waals surface area contributed by atoms with Crippen molar-refractivity contribution < 1.29 is 33.0 Å². The third-order valence-electron chi connectivity index (χ3n) is 7.12. The Hall–Kier alpha value is -3.24. The molecule has 0 spiro atoms. The predicted octanol–water partition coefficient (Wildman–Crippen LogP) is 2.89. The van der Waals surface area contributed by atoms with Gasteiger partial charge in [0.25, 0.3) is 0 Å². The maximum absolute atomic E-state index is 14.6. The van der Waals surface area contributed by atoms with Gasteiger partial charge in [0, 0.05) is 25.1 Å². The summed E-state index contributed by atoms with van der Waals surface area (Å²) in [4.78, 5) is 37.1. The second-order valence-corrected chi connectivity index (χ2v) is 11.0. The number of hydrogen-bond acceptors (Lipinski definition) is 6. The zero-order chi connectivity index (χ0) is 25.7. The summed E-state index contributed by atoms with van der Waals surface area (Å²) in [6.07, 6.45) is 4.36. The minimum atomic E-state index is -4.76. The monoisotopic (exact) mass is 529 g/mol. The van der Waals surface area contributed by atoms with Gasteiger partial charge in [-0.05, 0) is 55.0 Å². The van der Waals surface area contributed by atoms with E-state index in [1.807, 2.05) is 6.07 Å². The number of fused-ring (bicyclic) bond motifs is 5. The first kappa shape index (κ1) is 24.1. The molecule has 1 fully saturated rings. The van der Waals surface area contributed by atoms with Gasteiger partial charge in [-0.1, -0.05) is 6.07 Å². The molecule has 0 unspecified atom stereocenters. The highest BCUT2D eigenvalue weighted by molar-refractivity contribution is 7.60. The summed E-state index contributed by atoms with van der Waals surface area (Å²) in [6, 6.07) is 7.15. The van der Waals surface area contributed by atoms with Crippen molar-refractivity contribution in [2.24, 2.45) is 5.92 Å². The Bertz CT molecular complexity index is 1620. The first-order valence-corrected chi connectivity index (χ1v) is 13.6. The number of aryl methyl sites for hydroxylation is 1. The van der Waals surface area contributed by atoms with E-state index in [-0.39, 0.29) is 19.0 Å². The van der Waals surface area contributed by atoms with Gasteiger partial charge in [-0.3, -0.25) is 13.7 Å². The largest absolute Gasteiger partial charge is 0.454 e. The van der Waals surface area contributed by atoms with E-state index in [9.17, 15) is 23.5 Å². The van der Waals surface area contributed by atoms with Gasteiger partial charge in [-0.15, -0.1) is 0 Å². The van der Waals surface area contributed by atoms with Crippen molar-refractivity contribution in [3.63, 3.8) is 0 Å². The molecule has 37 heavy (non-hydrogen) atoms. The lowest BCUT2D eigenvalue weighted by Gasteiger charge is -2.21. The molecule has 0 radical (unpaired) electrons. The quantitative estimate of drug-likeness (QED) is 0.366. The Morgan fingerprint density at radius 2 is 1.92 bits per heavy atom. The molecule has 2 N–H and O–H groups in total. The van der Waals surface area contributed by atoms with Gasteiger partial charge < -0.3 is 24.0 Å². The molecule has 6 rings (SSSR count). The van der Waals surface area contributed by atoms with Crippen molar-refractivity contribution in [3.8, 4) is 11.5 Å². The van der Waals surface area contributed by atoms with E-state index in [0.29, 0.717) is 51.5 Å². The standard InChI is InChI=1S/C25H25FN3O7P/c26-18-11-16(1-4-21(18)37(31,32)33)13-29-23-17-2-3-20-24(36-14-35-20)22(17)27-12-19(23)28(25(29)30)8-5-15-6-9-34-10-7-15/h1-4,11-12,15H,5-10,13-14H2,(H2,31,32,33). The highest BCUT2D eigenvalue weighted by atomic mass is 31.2. The summed E-state index contributed by atoms with van der Waals surface area (Å²) >= 11 is 0. The smallest absolute Gasteiger partial charge is 0.359 e. The summed E-state index contributed by atoms with van der Waals surface area (Å²) in [6.45, 7) is 2.02. The number of aromatic nitrogens is 3. The SMILES string of the molecule is O=c1n(CCC2CCOCC2)c2cnc3c4c(ccc3c2n1Cc1ccc(P(=O)(O)O)c(F)c1)OCO4. The van der Waals surface area contributed by atoms with Gasteiger partial charge in [0.15, 0.2) is 11.5 Å². The Labute approximate surface area is 210 Å². The molecule has 0 saturated carbocycles. The van der Waals surface area contributed by atoms with E-state index in [2.05, 4.69) is 4.98 Å². The molecule has 2 aromatic carbocycles. The average molecular weight is 529 g/mol. The van der Waals surface area contributed by atoms with E-state index in [4.69, 9.17) is 14.2 Å². The van der Waals surface area contributed by atoms with Crippen molar-refractivity contribution in [2.45, 2.75) is 32.4 Å². The average Bonchev–Trinajstić information content (AvgIpc) is 3.46. The number of hydrogen-bond donors (Lipinski definition) is 2. The van der Waals surface area contributed by atoms with Gasteiger partial charge in [0.05, 0.1) is 29.1 Å².